The first-order valence-corrected chi connectivity index (χ1v) is 13.1. The van der Waals surface area contributed by atoms with E-state index < -0.39 is 17.6 Å². The zero-order valence-corrected chi connectivity index (χ0v) is 22.0. The number of carbonyl (C=O) groups is 3. The molecule has 8 nitrogen and oxygen atoms in total. The van der Waals surface area contributed by atoms with E-state index in [0.29, 0.717) is 61.0 Å². The number of aliphatic hydroxyl groups excluding tert-OH is 1. The molecule has 2 saturated heterocycles. The van der Waals surface area contributed by atoms with Crippen LogP contribution in [0.25, 0.3) is 0 Å². The second-order valence-electron chi connectivity index (χ2n) is 10.4. The lowest BCUT2D eigenvalue weighted by Crippen LogP contribution is -2.57. The highest BCUT2D eigenvalue weighted by molar-refractivity contribution is 6.30. The molecule has 1 spiro atoms. The fourth-order valence-corrected chi connectivity index (χ4v) is 5.37. The van der Waals surface area contributed by atoms with Crippen molar-refractivity contribution in [2.45, 2.75) is 51.2 Å². The number of anilines is 1. The SMILES string of the molecule is CC(C)CCN1C(=O)N(CC(O)c2ccc(Cl)cc2)C2(CCN(c3cccc(CC(=O)O)c3)CC2)C1=O. The Bertz CT molecular complexity index is 1140. The van der Waals surface area contributed by atoms with Crippen molar-refractivity contribution < 1.29 is 24.6 Å². The molecule has 37 heavy (non-hydrogen) atoms. The van der Waals surface area contributed by atoms with Crippen LogP contribution in [0.2, 0.25) is 5.02 Å². The van der Waals surface area contributed by atoms with Gasteiger partial charge in [-0.05, 0) is 60.6 Å². The number of carbonyl (C=O) groups excluding carboxylic acids is 2. The number of hydrogen-bond donors (Lipinski definition) is 2. The highest BCUT2D eigenvalue weighted by Crippen LogP contribution is 2.40. The number of nitrogens with zero attached hydrogens (tertiary/aromatic N) is 3. The number of halogens is 1. The summed E-state index contributed by atoms with van der Waals surface area (Å²) < 4.78 is 0. The molecule has 0 aliphatic carbocycles. The Hall–Kier alpha value is -3.10. The molecule has 1 unspecified atom stereocenters. The molecular weight excluding hydrogens is 494 g/mol. The van der Waals surface area contributed by atoms with E-state index in [2.05, 4.69) is 18.7 Å². The van der Waals surface area contributed by atoms with Crippen LogP contribution >= 0.6 is 11.6 Å². The molecule has 2 N–H and O–H groups in total. The van der Waals surface area contributed by atoms with E-state index in [-0.39, 0.29) is 24.9 Å². The third-order valence-electron chi connectivity index (χ3n) is 7.38. The van der Waals surface area contributed by atoms with E-state index in [9.17, 15) is 19.5 Å². The van der Waals surface area contributed by atoms with Crippen LogP contribution in [0.5, 0.6) is 0 Å². The van der Waals surface area contributed by atoms with E-state index in [4.69, 9.17) is 16.7 Å². The first-order valence-electron chi connectivity index (χ1n) is 12.7. The topological polar surface area (TPSA) is 101 Å². The minimum atomic E-state index is -1.02. The van der Waals surface area contributed by atoms with Gasteiger partial charge in [0.1, 0.15) is 5.54 Å². The van der Waals surface area contributed by atoms with Crippen LogP contribution in [0.3, 0.4) is 0 Å². The maximum Gasteiger partial charge on any atom is 0.327 e. The fraction of sp³-hybridized carbons (Fsp3) is 0.464. The number of benzene rings is 2. The normalized spacial score (nSPS) is 18.2. The average Bonchev–Trinajstić information content (AvgIpc) is 3.04. The number of urea groups is 1. The molecular formula is C28H34ClN3O5. The Morgan fingerprint density at radius 2 is 1.76 bits per heavy atom. The molecule has 198 valence electrons. The van der Waals surface area contributed by atoms with Gasteiger partial charge in [-0.3, -0.25) is 14.5 Å². The predicted molar refractivity (Wildman–Crippen MR) is 142 cm³/mol. The van der Waals surface area contributed by atoms with Gasteiger partial charge in [0.15, 0.2) is 0 Å². The Balaban J connectivity index is 1.56. The Morgan fingerprint density at radius 1 is 1.08 bits per heavy atom. The number of β-amino-alcohol motifs (C(OH)–C–C–N with tert-alkyl or cyclic N) is 1. The third-order valence-corrected chi connectivity index (χ3v) is 7.64. The van der Waals surface area contributed by atoms with Gasteiger partial charge >= 0.3 is 12.0 Å². The van der Waals surface area contributed by atoms with E-state index in [1.807, 2.05) is 18.2 Å². The highest BCUT2D eigenvalue weighted by atomic mass is 35.5. The van der Waals surface area contributed by atoms with Crippen molar-refractivity contribution in [3.05, 3.63) is 64.7 Å². The lowest BCUT2D eigenvalue weighted by molar-refractivity contribution is -0.136. The Morgan fingerprint density at radius 3 is 2.38 bits per heavy atom. The summed E-state index contributed by atoms with van der Waals surface area (Å²) in [4.78, 5) is 43.5. The van der Waals surface area contributed by atoms with Crippen LogP contribution in [-0.2, 0) is 16.0 Å². The number of carboxylic acids is 1. The maximum absolute atomic E-state index is 13.8. The van der Waals surface area contributed by atoms with E-state index in [1.165, 1.54) is 4.90 Å². The standard InChI is InChI=1S/C28H34ClN3O5/c1-19(2)10-13-31-26(36)28(32(27(31)37)18-24(33)21-6-8-22(29)9-7-21)11-14-30(15-12-28)23-5-3-4-20(16-23)17-25(34)35/h3-9,16,19,24,33H,10-15,17-18H2,1-2H3,(H,34,35). The van der Waals surface area contributed by atoms with Gasteiger partial charge in [-0.25, -0.2) is 4.79 Å². The van der Waals surface area contributed by atoms with Crippen molar-refractivity contribution in [2.75, 3.05) is 31.1 Å². The number of aliphatic carboxylic acids is 1. The average molecular weight is 528 g/mol. The molecule has 0 radical (unpaired) electrons. The molecule has 2 aliphatic heterocycles. The summed E-state index contributed by atoms with van der Waals surface area (Å²) in [7, 11) is 0. The van der Waals surface area contributed by atoms with E-state index >= 15 is 0 Å². The monoisotopic (exact) mass is 527 g/mol. The summed E-state index contributed by atoms with van der Waals surface area (Å²) in [6.45, 7) is 5.53. The molecule has 2 fully saturated rings. The second kappa shape index (κ2) is 11.1. The molecule has 0 bridgehead atoms. The van der Waals surface area contributed by atoms with Crippen LogP contribution < -0.4 is 4.90 Å². The summed E-state index contributed by atoms with van der Waals surface area (Å²) in [5, 5.41) is 20.7. The first-order chi connectivity index (χ1) is 17.6. The van der Waals surface area contributed by atoms with Gasteiger partial charge in [-0.2, -0.15) is 0 Å². The minimum Gasteiger partial charge on any atom is -0.481 e. The largest absolute Gasteiger partial charge is 0.481 e. The van der Waals surface area contributed by atoms with E-state index in [1.54, 1.807) is 35.2 Å². The number of imide groups is 1. The van der Waals surface area contributed by atoms with Gasteiger partial charge in [0.05, 0.1) is 19.1 Å². The van der Waals surface area contributed by atoms with Crippen LogP contribution in [0.1, 0.15) is 50.3 Å². The molecule has 0 aromatic heterocycles. The van der Waals surface area contributed by atoms with Crippen LogP contribution in [0.4, 0.5) is 10.5 Å². The molecule has 4 rings (SSSR count). The molecule has 2 aliphatic rings. The maximum atomic E-state index is 13.8. The van der Waals surface area contributed by atoms with Crippen LogP contribution in [0.15, 0.2) is 48.5 Å². The summed E-state index contributed by atoms with van der Waals surface area (Å²) in [6, 6.07) is 13.9. The van der Waals surface area contributed by atoms with E-state index in [0.717, 1.165) is 5.69 Å². The molecule has 2 heterocycles. The first kappa shape index (κ1) is 26.9. The predicted octanol–water partition coefficient (Wildman–Crippen LogP) is 4.35. The molecule has 9 heteroatoms. The Kier molecular flexibility index (Phi) is 8.09. The van der Waals surface area contributed by atoms with Gasteiger partial charge in [-0.15, -0.1) is 0 Å². The van der Waals surface area contributed by atoms with Crippen molar-refractivity contribution in [3.8, 4) is 0 Å². The van der Waals surface area contributed by atoms with Gasteiger partial charge in [0.2, 0.25) is 0 Å². The Labute approximate surface area is 222 Å². The smallest absolute Gasteiger partial charge is 0.327 e. The van der Waals surface area contributed by atoms with Crippen molar-refractivity contribution in [3.63, 3.8) is 0 Å². The number of hydrogen-bond acceptors (Lipinski definition) is 5. The second-order valence-corrected chi connectivity index (χ2v) is 10.8. The summed E-state index contributed by atoms with van der Waals surface area (Å²) >= 11 is 5.99. The number of carboxylic acid groups (broad SMARTS) is 1. The molecule has 3 amide bonds. The molecule has 0 saturated carbocycles. The molecule has 2 aromatic carbocycles. The molecule has 2 aromatic rings. The lowest BCUT2D eigenvalue weighted by Gasteiger charge is -2.43. The van der Waals surface area contributed by atoms with Gasteiger partial charge in [0.25, 0.3) is 5.91 Å². The fourth-order valence-electron chi connectivity index (χ4n) is 5.24. The van der Waals surface area contributed by atoms with Gasteiger partial charge in [0, 0.05) is 30.3 Å². The summed E-state index contributed by atoms with van der Waals surface area (Å²) in [6.07, 6.45) is 0.545. The summed E-state index contributed by atoms with van der Waals surface area (Å²) in [5.74, 6) is -0.743. The van der Waals surface area contributed by atoms with Crippen LogP contribution in [0, 0.1) is 5.92 Å². The minimum absolute atomic E-state index is 0.0124. The van der Waals surface area contributed by atoms with Crippen LogP contribution in [-0.4, -0.2) is 69.6 Å². The number of aliphatic hydroxyl groups is 1. The zero-order valence-electron chi connectivity index (χ0n) is 21.3. The molecule has 1 atom stereocenters. The number of amides is 3. The van der Waals surface area contributed by atoms with Crippen molar-refractivity contribution in [1.82, 2.24) is 9.80 Å². The zero-order chi connectivity index (χ0) is 26.7. The van der Waals surface area contributed by atoms with Crippen molar-refractivity contribution in [1.29, 1.82) is 0 Å². The van der Waals surface area contributed by atoms with Gasteiger partial charge in [-0.1, -0.05) is 49.7 Å². The van der Waals surface area contributed by atoms with Crippen molar-refractivity contribution >= 4 is 35.2 Å². The number of piperidine rings is 1. The summed E-state index contributed by atoms with van der Waals surface area (Å²) in [5.41, 5.74) is 1.23. The van der Waals surface area contributed by atoms with Gasteiger partial charge < -0.3 is 20.0 Å². The quantitative estimate of drug-likeness (QED) is 0.470. The highest BCUT2D eigenvalue weighted by Gasteiger charge is 2.58. The number of rotatable bonds is 9. The van der Waals surface area contributed by atoms with Crippen molar-refractivity contribution in [2.24, 2.45) is 5.92 Å². The third kappa shape index (κ3) is 5.75. The lowest BCUT2D eigenvalue weighted by atomic mass is 9.85.